The van der Waals surface area contributed by atoms with Gasteiger partial charge in [0.1, 0.15) is 5.75 Å². The summed E-state index contributed by atoms with van der Waals surface area (Å²) in [6.07, 6.45) is 1.99. The molecule has 2 atom stereocenters. The number of rotatable bonds is 9. The van der Waals surface area contributed by atoms with E-state index in [2.05, 4.69) is 4.83 Å². The van der Waals surface area contributed by atoms with Crippen LogP contribution in [0.15, 0.2) is 108 Å². The Labute approximate surface area is 241 Å². The van der Waals surface area contributed by atoms with Crippen LogP contribution >= 0.6 is 0 Å². The van der Waals surface area contributed by atoms with Gasteiger partial charge in [-0.25, -0.2) is 8.42 Å². The number of aryl methyl sites for hydroxylation is 1. The second kappa shape index (κ2) is 12.0. The number of carbonyl (C=O) groups is 1. The number of fused-ring (bicyclic) bond motifs is 1. The number of nitrogens with one attached hydrogen (secondary N) is 1. The molecule has 0 aliphatic carbocycles. The zero-order valence-electron chi connectivity index (χ0n) is 23.2. The van der Waals surface area contributed by atoms with Crippen molar-refractivity contribution in [3.63, 3.8) is 0 Å². The molecule has 1 aliphatic rings. The fraction of sp³-hybridized carbons (Fsp3) is 0.182. The van der Waals surface area contributed by atoms with Gasteiger partial charge in [0.25, 0.3) is 10.0 Å². The maximum absolute atomic E-state index is 13.9. The first-order valence-corrected chi connectivity index (χ1v) is 14.7. The number of esters is 1. The minimum absolute atomic E-state index is 0.0205. The molecule has 4 aromatic rings. The largest absolute Gasteiger partial charge is 0.497 e. The summed E-state index contributed by atoms with van der Waals surface area (Å²) in [5.41, 5.74) is 5.09. The summed E-state index contributed by atoms with van der Waals surface area (Å²) in [4.78, 5) is 15.9. The molecule has 1 heterocycles. The number of benzene rings is 4. The lowest BCUT2D eigenvalue weighted by atomic mass is 9.80. The van der Waals surface area contributed by atoms with Crippen LogP contribution in [0.5, 0.6) is 5.75 Å². The molecular weight excluding hydrogens is 536 g/mol. The van der Waals surface area contributed by atoms with Gasteiger partial charge in [-0.15, -0.1) is 4.83 Å². The predicted octanol–water partition coefficient (Wildman–Crippen LogP) is 6.10. The van der Waals surface area contributed by atoms with Crippen LogP contribution in [-0.2, 0) is 19.6 Å². The van der Waals surface area contributed by atoms with E-state index in [1.54, 1.807) is 36.4 Å². The number of sulfonamides is 1. The summed E-state index contributed by atoms with van der Waals surface area (Å²) in [5, 5.41) is 1.69. The third kappa shape index (κ3) is 6.04. The Hall–Kier alpha value is -4.40. The molecule has 0 bridgehead atoms. The summed E-state index contributed by atoms with van der Waals surface area (Å²) in [6, 6.07) is 31.0. The first-order valence-electron chi connectivity index (χ1n) is 13.3. The molecule has 1 aliphatic heterocycles. The van der Waals surface area contributed by atoms with Crippen LogP contribution in [0.1, 0.15) is 46.2 Å². The van der Waals surface area contributed by atoms with Crippen molar-refractivity contribution in [1.82, 2.24) is 9.84 Å². The highest BCUT2D eigenvalue weighted by Crippen LogP contribution is 2.46. The molecule has 0 spiro atoms. The van der Waals surface area contributed by atoms with Crippen molar-refractivity contribution in [2.24, 2.45) is 0 Å². The molecule has 7 nitrogen and oxygen atoms in total. The Morgan fingerprint density at radius 2 is 1.54 bits per heavy atom. The Morgan fingerprint density at radius 3 is 2.20 bits per heavy atom. The molecule has 8 heteroatoms. The number of methoxy groups -OCH3 is 2. The van der Waals surface area contributed by atoms with E-state index >= 15 is 0 Å². The van der Waals surface area contributed by atoms with Gasteiger partial charge >= 0.3 is 5.97 Å². The van der Waals surface area contributed by atoms with Crippen LogP contribution in [0.3, 0.4) is 0 Å². The Kier molecular flexibility index (Phi) is 8.23. The van der Waals surface area contributed by atoms with E-state index in [1.807, 2.05) is 91.9 Å². The van der Waals surface area contributed by atoms with Crippen molar-refractivity contribution in [2.45, 2.75) is 30.2 Å². The topological polar surface area (TPSA) is 84.9 Å². The van der Waals surface area contributed by atoms with E-state index in [0.29, 0.717) is 11.4 Å². The summed E-state index contributed by atoms with van der Waals surface area (Å²) in [5.74, 6) is -0.209. The van der Waals surface area contributed by atoms with E-state index < -0.39 is 28.0 Å². The molecular formula is C33H32N2O5S. The van der Waals surface area contributed by atoms with Crippen LogP contribution in [0.25, 0.3) is 11.8 Å². The van der Waals surface area contributed by atoms with Gasteiger partial charge in [-0.1, -0.05) is 84.4 Å². The molecule has 41 heavy (non-hydrogen) atoms. The van der Waals surface area contributed by atoms with Crippen LogP contribution in [-0.4, -0.2) is 33.6 Å². The lowest BCUT2D eigenvalue weighted by Crippen LogP contribution is -2.46. The maximum atomic E-state index is 13.9. The first kappa shape index (κ1) is 28.1. The van der Waals surface area contributed by atoms with Gasteiger partial charge < -0.3 is 9.47 Å². The molecule has 4 aromatic carbocycles. The Bertz CT molecular complexity index is 1650. The molecule has 0 amide bonds. The Morgan fingerprint density at radius 1 is 0.878 bits per heavy atom. The molecule has 0 radical (unpaired) electrons. The van der Waals surface area contributed by atoms with Crippen molar-refractivity contribution in [3.8, 4) is 5.75 Å². The van der Waals surface area contributed by atoms with Gasteiger partial charge in [0.15, 0.2) is 0 Å². The zero-order chi connectivity index (χ0) is 29.0. The van der Waals surface area contributed by atoms with Crippen LogP contribution in [0, 0.1) is 6.92 Å². The van der Waals surface area contributed by atoms with Crippen LogP contribution in [0.2, 0.25) is 0 Å². The lowest BCUT2D eigenvalue weighted by Gasteiger charge is -2.43. The molecule has 0 saturated heterocycles. The highest BCUT2D eigenvalue weighted by Gasteiger charge is 2.39. The fourth-order valence-electron chi connectivity index (χ4n) is 5.18. The second-order valence-corrected chi connectivity index (χ2v) is 11.6. The third-order valence-corrected chi connectivity index (χ3v) is 8.63. The summed E-state index contributed by atoms with van der Waals surface area (Å²) >= 11 is 0. The SMILES string of the molecule is COC(=O)CC(c1ccc(OC)cc1)C1c2ccccc2C=C(c2ccccc2)N1NS(=O)(=O)c1ccc(C)cc1. The third-order valence-electron chi connectivity index (χ3n) is 7.30. The fourth-order valence-corrected chi connectivity index (χ4v) is 6.25. The summed E-state index contributed by atoms with van der Waals surface area (Å²) in [7, 11) is -1.06. The second-order valence-electron chi connectivity index (χ2n) is 9.91. The van der Waals surface area contributed by atoms with Crippen molar-refractivity contribution >= 4 is 27.8 Å². The van der Waals surface area contributed by atoms with E-state index in [9.17, 15) is 13.2 Å². The normalized spacial score (nSPS) is 15.4. The lowest BCUT2D eigenvalue weighted by molar-refractivity contribution is -0.141. The average Bonchev–Trinajstić information content (AvgIpc) is 3.00. The number of ether oxygens (including phenoxy) is 2. The first-order chi connectivity index (χ1) is 19.8. The molecule has 0 fully saturated rings. The highest BCUT2D eigenvalue weighted by atomic mass is 32.2. The highest BCUT2D eigenvalue weighted by molar-refractivity contribution is 7.89. The van der Waals surface area contributed by atoms with Crippen LogP contribution < -0.4 is 9.57 Å². The molecule has 2 unspecified atom stereocenters. The number of nitrogens with zero attached hydrogens (tertiary/aromatic N) is 1. The number of hydrogen-bond donors (Lipinski definition) is 1. The summed E-state index contributed by atoms with van der Waals surface area (Å²) < 4.78 is 38.2. The smallest absolute Gasteiger partial charge is 0.306 e. The van der Waals surface area contributed by atoms with Gasteiger partial charge in [0, 0.05) is 5.92 Å². The maximum Gasteiger partial charge on any atom is 0.306 e. The van der Waals surface area contributed by atoms with Gasteiger partial charge in [0.2, 0.25) is 0 Å². The van der Waals surface area contributed by atoms with Gasteiger partial charge in [0.05, 0.1) is 37.3 Å². The van der Waals surface area contributed by atoms with Crippen molar-refractivity contribution in [2.75, 3.05) is 14.2 Å². The minimum atomic E-state index is -4.01. The number of hydrogen-bond acceptors (Lipinski definition) is 6. The van der Waals surface area contributed by atoms with Crippen LogP contribution in [0.4, 0.5) is 0 Å². The van der Waals surface area contributed by atoms with E-state index in [0.717, 1.165) is 27.8 Å². The summed E-state index contributed by atoms with van der Waals surface area (Å²) in [6.45, 7) is 1.91. The zero-order valence-corrected chi connectivity index (χ0v) is 24.0. The monoisotopic (exact) mass is 568 g/mol. The van der Waals surface area contributed by atoms with Gasteiger partial charge in [-0.3, -0.25) is 9.80 Å². The van der Waals surface area contributed by atoms with E-state index in [4.69, 9.17) is 9.47 Å². The molecule has 5 rings (SSSR count). The molecule has 0 aromatic heterocycles. The molecule has 1 N–H and O–H groups in total. The number of carbonyl (C=O) groups excluding carboxylic acids is 1. The number of hydrazine groups is 1. The van der Waals surface area contributed by atoms with Crippen molar-refractivity contribution in [1.29, 1.82) is 0 Å². The van der Waals surface area contributed by atoms with E-state index in [-0.39, 0.29) is 11.3 Å². The average molecular weight is 569 g/mol. The minimum Gasteiger partial charge on any atom is -0.497 e. The predicted molar refractivity (Wildman–Crippen MR) is 159 cm³/mol. The molecule has 0 saturated carbocycles. The standard InChI is InChI=1S/C33H32N2O5S/c1-23-13-19-28(20-14-23)41(37,38)34-35-31(25-9-5-4-6-10-25)21-26-11-7-8-12-29(26)33(35)30(22-32(36)40-3)24-15-17-27(39-2)18-16-24/h4-21,30,33-34H,22H2,1-3H3. The van der Waals surface area contributed by atoms with Gasteiger partial charge in [-0.05, 0) is 59.5 Å². The van der Waals surface area contributed by atoms with Crippen molar-refractivity contribution in [3.05, 3.63) is 131 Å². The Balaban J connectivity index is 1.72. The quantitative estimate of drug-likeness (QED) is 0.246. The van der Waals surface area contributed by atoms with E-state index in [1.165, 1.54) is 7.11 Å². The van der Waals surface area contributed by atoms with Crippen molar-refractivity contribution < 1.29 is 22.7 Å². The van der Waals surface area contributed by atoms with Gasteiger partial charge in [-0.2, -0.15) is 0 Å². The molecule has 210 valence electrons.